The Morgan fingerprint density at radius 1 is 1.06 bits per heavy atom. The van der Waals surface area contributed by atoms with Crippen molar-refractivity contribution in [2.75, 3.05) is 38.7 Å². The molecule has 2 aromatic carbocycles. The first-order valence-electron chi connectivity index (χ1n) is 10.3. The highest BCUT2D eigenvalue weighted by Crippen LogP contribution is 2.40. The van der Waals surface area contributed by atoms with Crippen molar-refractivity contribution in [3.63, 3.8) is 0 Å². The van der Waals surface area contributed by atoms with Crippen molar-refractivity contribution >= 4 is 21.6 Å². The zero-order valence-electron chi connectivity index (χ0n) is 17.6. The third kappa shape index (κ3) is 4.33. The van der Waals surface area contributed by atoms with Crippen LogP contribution < -0.4 is 19.5 Å². The molecule has 0 saturated carbocycles. The number of hydrogen-bond acceptors (Lipinski definition) is 6. The number of nitrogens with zero attached hydrogens (tertiary/aromatic N) is 1. The fourth-order valence-electron chi connectivity index (χ4n) is 3.81. The number of carbonyl (C=O) groups is 1. The van der Waals surface area contributed by atoms with E-state index in [-0.39, 0.29) is 4.90 Å². The van der Waals surface area contributed by atoms with Gasteiger partial charge >= 0.3 is 0 Å². The average molecular weight is 447 g/mol. The van der Waals surface area contributed by atoms with Crippen LogP contribution in [-0.2, 0) is 10.0 Å². The minimum Gasteiger partial charge on any atom is -0.493 e. The van der Waals surface area contributed by atoms with Crippen LogP contribution in [0.25, 0.3) is 0 Å². The van der Waals surface area contributed by atoms with Gasteiger partial charge < -0.3 is 19.5 Å². The van der Waals surface area contributed by atoms with E-state index in [1.807, 2.05) is 0 Å². The van der Waals surface area contributed by atoms with Crippen molar-refractivity contribution in [3.05, 3.63) is 41.5 Å². The number of benzene rings is 2. The van der Waals surface area contributed by atoms with E-state index in [4.69, 9.17) is 14.2 Å². The number of fused-ring (bicyclic) bond motifs is 1. The summed E-state index contributed by atoms with van der Waals surface area (Å²) in [6.07, 6.45) is 2.77. The highest BCUT2D eigenvalue weighted by Gasteiger charge is 2.28. The Kier molecular flexibility index (Phi) is 6.06. The first-order chi connectivity index (χ1) is 14.9. The van der Waals surface area contributed by atoms with E-state index in [0.29, 0.717) is 60.4 Å². The van der Waals surface area contributed by atoms with Crippen molar-refractivity contribution < 1.29 is 27.4 Å². The lowest BCUT2D eigenvalue weighted by Gasteiger charge is -2.26. The molecule has 0 spiro atoms. The summed E-state index contributed by atoms with van der Waals surface area (Å²) in [7, 11) is -2.12. The maximum absolute atomic E-state index is 13.1. The van der Waals surface area contributed by atoms with Gasteiger partial charge in [-0.2, -0.15) is 4.31 Å². The number of anilines is 1. The molecule has 1 fully saturated rings. The first-order valence-corrected chi connectivity index (χ1v) is 11.7. The van der Waals surface area contributed by atoms with Crippen LogP contribution >= 0.6 is 0 Å². The number of nitrogens with one attached hydrogen (secondary N) is 1. The zero-order valence-corrected chi connectivity index (χ0v) is 18.5. The smallest absolute Gasteiger partial charge is 0.255 e. The molecule has 166 valence electrons. The summed E-state index contributed by atoms with van der Waals surface area (Å²) in [4.78, 5) is 13.1. The monoisotopic (exact) mass is 446 g/mol. The molecule has 2 aliphatic rings. The number of piperidine rings is 1. The standard InChI is InChI=1S/C22H26N2O6S/c1-15-6-7-17(14-20(15)31(26,27)24-8-4-3-5-9-24)23-22(25)16-12-18(28-2)21-19(13-16)29-10-11-30-21/h6-7,12-14H,3-5,8-11H2,1-2H3,(H,23,25). The van der Waals surface area contributed by atoms with Gasteiger partial charge in [-0.1, -0.05) is 12.5 Å². The summed E-state index contributed by atoms with van der Waals surface area (Å²) < 4.78 is 44.3. The van der Waals surface area contributed by atoms with Gasteiger partial charge in [-0.3, -0.25) is 4.79 Å². The summed E-state index contributed by atoms with van der Waals surface area (Å²) in [5, 5.41) is 2.79. The number of rotatable bonds is 5. The number of aryl methyl sites for hydroxylation is 1. The number of hydrogen-bond donors (Lipinski definition) is 1. The van der Waals surface area contributed by atoms with E-state index in [1.165, 1.54) is 17.5 Å². The van der Waals surface area contributed by atoms with Crippen molar-refractivity contribution in [2.24, 2.45) is 0 Å². The molecule has 9 heteroatoms. The van der Waals surface area contributed by atoms with Crippen molar-refractivity contribution in [1.82, 2.24) is 4.31 Å². The molecule has 2 aromatic rings. The Bertz CT molecular complexity index is 1080. The second-order valence-corrected chi connectivity index (χ2v) is 9.51. The van der Waals surface area contributed by atoms with Gasteiger partial charge in [-0.25, -0.2) is 8.42 Å². The van der Waals surface area contributed by atoms with E-state index in [2.05, 4.69) is 5.32 Å². The average Bonchev–Trinajstić information content (AvgIpc) is 2.80. The van der Waals surface area contributed by atoms with Crippen LogP contribution in [0.5, 0.6) is 17.2 Å². The van der Waals surface area contributed by atoms with Crippen LogP contribution in [0, 0.1) is 6.92 Å². The number of methoxy groups -OCH3 is 1. The van der Waals surface area contributed by atoms with Gasteiger partial charge in [0.1, 0.15) is 13.2 Å². The molecule has 0 atom stereocenters. The maximum Gasteiger partial charge on any atom is 0.255 e. The molecule has 0 bridgehead atoms. The van der Waals surface area contributed by atoms with Gasteiger partial charge in [0, 0.05) is 24.3 Å². The molecule has 8 nitrogen and oxygen atoms in total. The second-order valence-electron chi connectivity index (χ2n) is 7.60. The molecule has 0 radical (unpaired) electrons. The molecule has 4 rings (SSSR count). The molecule has 0 aromatic heterocycles. The molecule has 1 N–H and O–H groups in total. The summed E-state index contributed by atoms with van der Waals surface area (Å²) in [5.41, 5.74) is 1.37. The fraction of sp³-hybridized carbons (Fsp3) is 0.409. The quantitative estimate of drug-likeness (QED) is 0.758. The molecular formula is C22H26N2O6S. The lowest BCUT2D eigenvalue weighted by molar-refractivity contribution is 0.102. The van der Waals surface area contributed by atoms with Crippen LogP contribution in [0.1, 0.15) is 35.2 Å². The number of ether oxygens (including phenoxy) is 3. The Balaban J connectivity index is 1.60. The minimum absolute atomic E-state index is 0.215. The Hall–Kier alpha value is -2.78. The highest BCUT2D eigenvalue weighted by molar-refractivity contribution is 7.89. The summed E-state index contributed by atoms with van der Waals surface area (Å²) in [6, 6.07) is 8.08. The molecule has 2 heterocycles. The molecule has 1 amide bonds. The third-order valence-electron chi connectivity index (χ3n) is 5.47. The summed E-state index contributed by atoms with van der Waals surface area (Å²) in [6.45, 7) is 3.60. The molecule has 2 aliphatic heterocycles. The normalized spacial score (nSPS) is 16.6. The molecule has 0 aliphatic carbocycles. The first kappa shape index (κ1) is 21.5. The van der Waals surface area contributed by atoms with Crippen molar-refractivity contribution in [2.45, 2.75) is 31.1 Å². The van der Waals surface area contributed by atoms with E-state index < -0.39 is 15.9 Å². The lowest BCUT2D eigenvalue weighted by Crippen LogP contribution is -2.36. The van der Waals surface area contributed by atoms with Crippen LogP contribution in [0.4, 0.5) is 5.69 Å². The summed E-state index contributed by atoms with van der Waals surface area (Å²) in [5.74, 6) is 0.906. The number of amides is 1. The second kappa shape index (κ2) is 8.76. The SMILES string of the molecule is COc1cc(C(=O)Nc2ccc(C)c(S(=O)(=O)N3CCCCC3)c2)cc2c1OCCO2. The highest BCUT2D eigenvalue weighted by atomic mass is 32.2. The predicted octanol–water partition coefficient (Wildman–Crippen LogP) is 3.20. The molecular weight excluding hydrogens is 420 g/mol. The van der Waals surface area contributed by atoms with Gasteiger partial charge in [0.25, 0.3) is 5.91 Å². The zero-order chi connectivity index (χ0) is 22.0. The Morgan fingerprint density at radius 3 is 2.55 bits per heavy atom. The van der Waals surface area contributed by atoms with E-state index >= 15 is 0 Å². The molecule has 31 heavy (non-hydrogen) atoms. The van der Waals surface area contributed by atoms with Crippen LogP contribution in [0.2, 0.25) is 0 Å². The van der Waals surface area contributed by atoms with Gasteiger partial charge in [0.05, 0.1) is 12.0 Å². The molecule has 0 unspecified atom stereocenters. The number of sulfonamides is 1. The summed E-state index contributed by atoms with van der Waals surface area (Å²) >= 11 is 0. The van der Waals surface area contributed by atoms with Crippen molar-refractivity contribution in [1.29, 1.82) is 0 Å². The topological polar surface area (TPSA) is 94.2 Å². The van der Waals surface area contributed by atoms with Crippen LogP contribution in [0.3, 0.4) is 0 Å². The van der Waals surface area contributed by atoms with Crippen LogP contribution in [0.15, 0.2) is 35.2 Å². The van der Waals surface area contributed by atoms with Crippen molar-refractivity contribution in [3.8, 4) is 17.2 Å². The number of carbonyl (C=O) groups excluding carboxylic acids is 1. The van der Waals surface area contributed by atoms with E-state index in [0.717, 1.165) is 19.3 Å². The molecule has 1 saturated heterocycles. The van der Waals surface area contributed by atoms with E-state index in [1.54, 1.807) is 31.2 Å². The fourth-order valence-corrected chi connectivity index (χ4v) is 5.58. The Morgan fingerprint density at radius 2 is 1.81 bits per heavy atom. The minimum atomic E-state index is -3.61. The van der Waals surface area contributed by atoms with Gasteiger partial charge in [0.15, 0.2) is 11.5 Å². The Labute approximate surface area is 182 Å². The predicted molar refractivity (Wildman–Crippen MR) is 116 cm³/mol. The van der Waals surface area contributed by atoms with Gasteiger partial charge in [-0.15, -0.1) is 0 Å². The maximum atomic E-state index is 13.1. The van der Waals surface area contributed by atoms with E-state index in [9.17, 15) is 13.2 Å². The lowest BCUT2D eigenvalue weighted by atomic mass is 10.1. The largest absolute Gasteiger partial charge is 0.493 e. The van der Waals surface area contributed by atoms with Gasteiger partial charge in [0.2, 0.25) is 15.8 Å². The van der Waals surface area contributed by atoms with Gasteiger partial charge in [-0.05, 0) is 49.6 Å². The third-order valence-corrected chi connectivity index (χ3v) is 7.51. The van der Waals surface area contributed by atoms with Crippen LogP contribution in [-0.4, -0.2) is 52.0 Å².